The first-order valence-electron chi connectivity index (χ1n) is 6.26. The van der Waals surface area contributed by atoms with Crippen LogP contribution in [-0.4, -0.2) is 44.6 Å². The Kier molecular flexibility index (Phi) is 4.49. The van der Waals surface area contributed by atoms with Gasteiger partial charge in [0.05, 0.1) is 11.4 Å². The molecule has 2 rings (SSSR count). The summed E-state index contributed by atoms with van der Waals surface area (Å²) in [5, 5.41) is 11.3. The maximum atomic E-state index is 11.8. The Morgan fingerprint density at radius 3 is 2.85 bits per heavy atom. The maximum absolute atomic E-state index is 11.8. The second-order valence-corrected chi connectivity index (χ2v) is 5.45. The second kappa shape index (κ2) is 6.13. The van der Waals surface area contributed by atoms with Crippen LogP contribution < -0.4 is 0 Å². The maximum Gasteiger partial charge on any atom is 0.356 e. The number of hydrogen-bond acceptors (Lipinski definition) is 5. The topological polar surface area (TPSA) is 72.8 Å². The third-order valence-corrected chi connectivity index (χ3v) is 3.66. The van der Waals surface area contributed by atoms with Gasteiger partial charge >= 0.3 is 5.97 Å². The first kappa shape index (κ1) is 14.6. The molecule has 0 fully saturated rings. The molecule has 7 heteroatoms. The van der Waals surface area contributed by atoms with E-state index in [1.165, 1.54) is 0 Å². The van der Waals surface area contributed by atoms with Gasteiger partial charge in [-0.15, -0.1) is 0 Å². The molecule has 0 aliphatic heterocycles. The summed E-state index contributed by atoms with van der Waals surface area (Å²) in [7, 11) is 1.88. The van der Waals surface area contributed by atoms with Crippen molar-refractivity contribution in [1.82, 2.24) is 20.0 Å². The lowest BCUT2D eigenvalue weighted by atomic mass is 10.1. The highest BCUT2D eigenvalue weighted by molar-refractivity contribution is 7.98. The molecule has 0 aromatic carbocycles. The van der Waals surface area contributed by atoms with Gasteiger partial charge in [0.2, 0.25) is 0 Å². The van der Waals surface area contributed by atoms with E-state index in [2.05, 4.69) is 15.3 Å². The molecule has 0 aliphatic carbocycles. The van der Waals surface area contributed by atoms with E-state index < -0.39 is 0 Å². The summed E-state index contributed by atoms with van der Waals surface area (Å²) in [6.07, 6.45) is 1.97. The number of thioether (sulfide) groups is 1. The number of rotatable bonds is 5. The minimum atomic E-state index is -0.378. The first-order valence-corrected chi connectivity index (χ1v) is 7.66. The molecule has 2 heterocycles. The molecule has 0 unspecified atom stereocenters. The van der Waals surface area contributed by atoms with Crippen LogP contribution in [0.2, 0.25) is 0 Å². The normalized spacial score (nSPS) is 10.8. The zero-order valence-corrected chi connectivity index (χ0v) is 12.9. The van der Waals surface area contributed by atoms with Gasteiger partial charge < -0.3 is 4.74 Å². The van der Waals surface area contributed by atoms with Crippen molar-refractivity contribution in [2.45, 2.75) is 13.8 Å². The summed E-state index contributed by atoms with van der Waals surface area (Å²) in [5.74, 6) is 0.407. The first-order chi connectivity index (χ1) is 9.54. The van der Waals surface area contributed by atoms with Crippen LogP contribution in [0.1, 0.15) is 21.9 Å². The Hall–Kier alpha value is -1.76. The van der Waals surface area contributed by atoms with Gasteiger partial charge in [-0.2, -0.15) is 22.0 Å². The quantitative estimate of drug-likeness (QED) is 0.674. The molecule has 0 saturated carbocycles. The largest absolute Gasteiger partial charge is 0.460 e. The van der Waals surface area contributed by atoms with Gasteiger partial charge in [0.1, 0.15) is 12.3 Å². The molecule has 1 N–H and O–H groups in total. The van der Waals surface area contributed by atoms with Gasteiger partial charge in [-0.1, -0.05) is 0 Å². The standard InChI is InChI=1S/C13H18N4O2S/c1-8-12(9(2)17(3)16-8)10-7-11(15-14-10)13(18)19-5-6-20-4/h7H,5-6H2,1-4H3,(H,14,15). The van der Waals surface area contributed by atoms with E-state index in [0.717, 1.165) is 22.7 Å². The van der Waals surface area contributed by atoms with Crippen LogP contribution in [0.5, 0.6) is 0 Å². The van der Waals surface area contributed by atoms with Gasteiger partial charge in [0, 0.05) is 24.1 Å². The Bertz CT molecular complexity index is 618. The second-order valence-electron chi connectivity index (χ2n) is 4.47. The number of H-pyrrole nitrogens is 1. The van der Waals surface area contributed by atoms with Gasteiger partial charge in [0.15, 0.2) is 0 Å². The molecule has 108 valence electrons. The third-order valence-electron chi connectivity index (χ3n) is 3.08. The minimum absolute atomic E-state index is 0.365. The van der Waals surface area contributed by atoms with E-state index in [4.69, 9.17) is 4.74 Å². The number of hydrogen-bond donors (Lipinski definition) is 1. The molecule has 6 nitrogen and oxygen atoms in total. The number of nitrogens with one attached hydrogen (secondary N) is 1. The van der Waals surface area contributed by atoms with Crippen molar-refractivity contribution >= 4 is 17.7 Å². The molecule has 0 aliphatic rings. The molecule has 0 atom stereocenters. The van der Waals surface area contributed by atoms with Gasteiger partial charge in [-0.05, 0) is 26.2 Å². The van der Waals surface area contributed by atoms with Crippen molar-refractivity contribution in [3.8, 4) is 11.3 Å². The molecular formula is C13H18N4O2S. The van der Waals surface area contributed by atoms with Crippen molar-refractivity contribution in [2.75, 3.05) is 18.6 Å². The van der Waals surface area contributed by atoms with Crippen LogP contribution in [0.3, 0.4) is 0 Å². The van der Waals surface area contributed by atoms with Crippen LogP contribution in [-0.2, 0) is 11.8 Å². The van der Waals surface area contributed by atoms with E-state index in [1.807, 2.05) is 27.2 Å². The summed E-state index contributed by atoms with van der Waals surface area (Å²) in [6.45, 7) is 4.30. The predicted molar refractivity (Wildman–Crippen MR) is 78.9 cm³/mol. The summed E-state index contributed by atoms with van der Waals surface area (Å²) in [4.78, 5) is 11.8. The highest BCUT2D eigenvalue weighted by atomic mass is 32.2. The van der Waals surface area contributed by atoms with Crippen molar-refractivity contribution < 1.29 is 9.53 Å². The van der Waals surface area contributed by atoms with Gasteiger partial charge in [-0.3, -0.25) is 9.78 Å². The lowest BCUT2D eigenvalue weighted by Crippen LogP contribution is -2.08. The fourth-order valence-corrected chi connectivity index (χ4v) is 2.24. The summed E-state index contributed by atoms with van der Waals surface area (Å²) >= 11 is 1.63. The molecule has 0 saturated heterocycles. The smallest absolute Gasteiger partial charge is 0.356 e. The van der Waals surface area contributed by atoms with Crippen LogP contribution in [0.25, 0.3) is 11.3 Å². The van der Waals surface area contributed by atoms with Crippen molar-refractivity contribution in [1.29, 1.82) is 0 Å². The monoisotopic (exact) mass is 294 g/mol. The number of aromatic amines is 1. The van der Waals surface area contributed by atoms with Crippen molar-refractivity contribution in [3.63, 3.8) is 0 Å². The summed E-state index contributed by atoms with van der Waals surface area (Å²) < 4.78 is 6.93. The number of ether oxygens (including phenoxy) is 1. The SMILES string of the molecule is CSCCOC(=O)c1cc(-c2c(C)nn(C)c2C)n[nH]1. The number of aromatic nitrogens is 4. The fourth-order valence-electron chi connectivity index (χ4n) is 1.99. The number of esters is 1. The number of carbonyl (C=O) groups is 1. The Balaban J connectivity index is 2.18. The van der Waals surface area contributed by atoms with Crippen molar-refractivity contribution in [3.05, 3.63) is 23.1 Å². The van der Waals surface area contributed by atoms with Crippen LogP contribution in [0, 0.1) is 13.8 Å². The number of carbonyl (C=O) groups excluding carboxylic acids is 1. The molecule has 0 radical (unpaired) electrons. The van der Waals surface area contributed by atoms with E-state index in [-0.39, 0.29) is 5.97 Å². The minimum Gasteiger partial charge on any atom is -0.460 e. The highest BCUT2D eigenvalue weighted by Gasteiger charge is 2.17. The molecular weight excluding hydrogens is 276 g/mol. The van der Waals surface area contributed by atoms with Crippen LogP contribution >= 0.6 is 11.8 Å². The molecule has 2 aromatic rings. The number of aryl methyl sites for hydroxylation is 2. The molecule has 2 aromatic heterocycles. The Morgan fingerprint density at radius 2 is 2.25 bits per heavy atom. The average Bonchev–Trinajstić information content (AvgIpc) is 2.96. The molecule has 20 heavy (non-hydrogen) atoms. The molecule has 0 spiro atoms. The lowest BCUT2D eigenvalue weighted by Gasteiger charge is -2.00. The van der Waals surface area contributed by atoms with Crippen LogP contribution in [0.15, 0.2) is 6.07 Å². The summed E-state index contributed by atoms with van der Waals surface area (Å²) in [6, 6.07) is 1.71. The Labute approximate surface area is 121 Å². The fraction of sp³-hybridized carbons (Fsp3) is 0.462. The molecule has 0 bridgehead atoms. The van der Waals surface area contributed by atoms with Crippen LogP contribution in [0.4, 0.5) is 0 Å². The van der Waals surface area contributed by atoms with Gasteiger partial charge in [-0.25, -0.2) is 4.79 Å². The average molecular weight is 294 g/mol. The van der Waals surface area contributed by atoms with Gasteiger partial charge in [0.25, 0.3) is 0 Å². The molecule has 0 amide bonds. The Morgan fingerprint density at radius 1 is 1.50 bits per heavy atom. The van der Waals surface area contributed by atoms with E-state index in [1.54, 1.807) is 22.5 Å². The summed E-state index contributed by atoms with van der Waals surface area (Å²) in [5.41, 5.74) is 3.93. The van der Waals surface area contributed by atoms with Crippen molar-refractivity contribution in [2.24, 2.45) is 7.05 Å². The zero-order chi connectivity index (χ0) is 14.7. The lowest BCUT2D eigenvalue weighted by molar-refractivity contribution is 0.0523. The zero-order valence-electron chi connectivity index (χ0n) is 12.1. The number of nitrogens with zero attached hydrogens (tertiary/aromatic N) is 3. The van der Waals surface area contributed by atoms with E-state index in [0.29, 0.717) is 18.0 Å². The van der Waals surface area contributed by atoms with E-state index in [9.17, 15) is 4.79 Å². The highest BCUT2D eigenvalue weighted by Crippen LogP contribution is 2.25. The predicted octanol–water partition coefficient (Wildman–Crippen LogP) is 1.95. The van der Waals surface area contributed by atoms with E-state index >= 15 is 0 Å². The third kappa shape index (κ3) is 2.87.